The number of rotatable bonds is 1. The Labute approximate surface area is 64.8 Å². The van der Waals surface area contributed by atoms with Crippen molar-refractivity contribution in [1.29, 1.82) is 0 Å². The number of carbonyl (C=O) groups is 1. The zero-order valence-electron chi connectivity index (χ0n) is 6.57. The zero-order chi connectivity index (χ0) is 8.27. The summed E-state index contributed by atoms with van der Waals surface area (Å²) in [5.41, 5.74) is 0.804. The second-order valence-electron chi connectivity index (χ2n) is 2.12. The van der Waals surface area contributed by atoms with Crippen LogP contribution in [-0.4, -0.2) is 22.3 Å². The Morgan fingerprint density at radius 1 is 1.82 bits per heavy atom. The lowest BCUT2D eigenvalue weighted by Crippen LogP contribution is -2.10. The number of aromatic nitrogens is 2. The normalized spacial score (nSPS) is 9.64. The molecule has 11 heavy (non-hydrogen) atoms. The maximum absolute atomic E-state index is 11.0. The first-order valence-electron chi connectivity index (χ1n) is 3.41. The summed E-state index contributed by atoms with van der Waals surface area (Å²) in [5, 5.41) is 0. The van der Waals surface area contributed by atoms with Gasteiger partial charge in [0.25, 0.3) is 0 Å². The number of aryl methyl sites for hydroxylation is 1. The van der Waals surface area contributed by atoms with Crippen molar-refractivity contribution in [3.8, 4) is 0 Å². The molecule has 1 rings (SSSR count). The van der Waals surface area contributed by atoms with Gasteiger partial charge in [-0.15, -0.1) is 0 Å². The predicted octanol–water partition coefficient (Wildman–Crippen LogP) is 1.20. The van der Waals surface area contributed by atoms with Crippen molar-refractivity contribution in [2.45, 2.75) is 13.8 Å². The Morgan fingerprint density at radius 3 is 3.00 bits per heavy atom. The molecule has 0 aromatic carbocycles. The number of hydrogen-bond donors (Lipinski definition) is 0. The molecule has 0 spiro atoms. The molecule has 0 saturated heterocycles. The molecule has 0 aliphatic rings. The van der Waals surface area contributed by atoms with Crippen molar-refractivity contribution >= 4 is 6.09 Å². The van der Waals surface area contributed by atoms with Gasteiger partial charge in [-0.25, -0.2) is 14.3 Å². The molecular weight excluding hydrogens is 144 g/mol. The highest BCUT2D eigenvalue weighted by Crippen LogP contribution is 1.94. The van der Waals surface area contributed by atoms with Gasteiger partial charge in [-0.05, 0) is 13.8 Å². The molecule has 4 nitrogen and oxygen atoms in total. The van der Waals surface area contributed by atoms with Crippen molar-refractivity contribution in [1.82, 2.24) is 9.55 Å². The van der Waals surface area contributed by atoms with E-state index < -0.39 is 0 Å². The van der Waals surface area contributed by atoms with Gasteiger partial charge >= 0.3 is 6.09 Å². The quantitative estimate of drug-likeness (QED) is 0.610. The van der Waals surface area contributed by atoms with Crippen LogP contribution in [-0.2, 0) is 4.74 Å². The third-order valence-corrected chi connectivity index (χ3v) is 1.19. The van der Waals surface area contributed by atoms with E-state index in [4.69, 9.17) is 4.74 Å². The molecule has 0 aliphatic heterocycles. The molecule has 0 aliphatic carbocycles. The molecule has 1 heterocycles. The lowest BCUT2D eigenvalue weighted by Gasteiger charge is -1.98. The van der Waals surface area contributed by atoms with E-state index in [-0.39, 0.29) is 6.09 Å². The first kappa shape index (κ1) is 7.78. The Balaban J connectivity index is 2.69. The standard InChI is InChI=1S/C7H10N2O2/c1-3-11-7(10)9-4-6(2)8-5-9/h4-5H,3H2,1-2H3. The van der Waals surface area contributed by atoms with E-state index in [9.17, 15) is 4.79 Å². The average Bonchev–Trinajstić information content (AvgIpc) is 2.36. The summed E-state index contributed by atoms with van der Waals surface area (Å²) in [5.74, 6) is 0. The van der Waals surface area contributed by atoms with Crippen molar-refractivity contribution < 1.29 is 9.53 Å². The maximum atomic E-state index is 11.0. The summed E-state index contributed by atoms with van der Waals surface area (Å²) in [7, 11) is 0. The largest absolute Gasteiger partial charge is 0.449 e. The number of nitrogens with zero attached hydrogens (tertiary/aromatic N) is 2. The molecule has 1 aromatic heterocycles. The summed E-state index contributed by atoms with van der Waals surface area (Å²) in [6, 6.07) is 0. The maximum Gasteiger partial charge on any atom is 0.419 e. The van der Waals surface area contributed by atoms with E-state index in [0.29, 0.717) is 6.61 Å². The van der Waals surface area contributed by atoms with Crippen LogP contribution < -0.4 is 0 Å². The third-order valence-electron chi connectivity index (χ3n) is 1.19. The number of imidazole rings is 1. The van der Waals surface area contributed by atoms with Crippen LogP contribution in [0.3, 0.4) is 0 Å². The second-order valence-corrected chi connectivity index (χ2v) is 2.12. The molecular formula is C7H10N2O2. The predicted molar refractivity (Wildman–Crippen MR) is 39.4 cm³/mol. The molecule has 60 valence electrons. The fourth-order valence-electron chi connectivity index (χ4n) is 0.719. The van der Waals surface area contributed by atoms with E-state index in [1.54, 1.807) is 13.1 Å². The van der Waals surface area contributed by atoms with Gasteiger partial charge in [0.1, 0.15) is 6.33 Å². The SMILES string of the molecule is CCOC(=O)n1cnc(C)c1. The van der Waals surface area contributed by atoms with Crippen LogP contribution in [0.25, 0.3) is 0 Å². The lowest BCUT2D eigenvalue weighted by molar-refractivity contribution is 0.154. The van der Waals surface area contributed by atoms with Gasteiger partial charge in [0.15, 0.2) is 0 Å². The Bertz CT molecular complexity index is 255. The molecule has 0 saturated carbocycles. The van der Waals surface area contributed by atoms with Crippen LogP contribution in [0.2, 0.25) is 0 Å². The zero-order valence-corrected chi connectivity index (χ0v) is 6.57. The van der Waals surface area contributed by atoms with Crippen LogP contribution in [0.15, 0.2) is 12.5 Å². The van der Waals surface area contributed by atoms with Gasteiger partial charge < -0.3 is 4.74 Å². The molecule has 0 amide bonds. The Hall–Kier alpha value is -1.32. The van der Waals surface area contributed by atoms with Crippen LogP contribution in [0.4, 0.5) is 4.79 Å². The molecule has 4 heteroatoms. The Kier molecular flexibility index (Phi) is 2.25. The summed E-state index contributed by atoms with van der Waals surface area (Å²) in [6.07, 6.45) is 2.68. The minimum absolute atomic E-state index is 0.381. The van der Waals surface area contributed by atoms with E-state index in [2.05, 4.69) is 4.98 Å². The van der Waals surface area contributed by atoms with Crippen molar-refractivity contribution in [2.24, 2.45) is 0 Å². The number of carbonyl (C=O) groups excluding carboxylic acids is 1. The van der Waals surface area contributed by atoms with E-state index in [0.717, 1.165) is 5.69 Å². The fraction of sp³-hybridized carbons (Fsp3) is 0.429. The lowest BCUT2D eigenvalue weighted by atomic mass is 10.6. The van der Waals surface area contributed by atoms with Gasteiger partial charge in [0.2, 0.25) is 0 Å². The monoisotopic (exact) mass is 154 g/mol. The average molecular weight is 154 g/mol. The second kappa shape index (κ2) is 3.18. The van der Waals surface area contributed by atoms with Gasteiger partial charge in [0.05, 0.1) is 12.3 Å². The van der Waals surface area contributed by atoms with Crippen LogP contribution in [0.1, 0.15) is 12.6 Å². The van der Waals surface area contributed by atoms with E-state index in [1.807, 2.05) is 6.92 Å². The summed E-state index contributed by atoms with van der Waals surface area (Å²) < 4.78 is 6.04. The van der Waals surface area contributed by atoms with Gasteiger partial charge in [0, 0.05) is 6.20 Å². The number of ether oxygens (including phenoxy) is 1. The minimum Gasteiger partial charge on any atom is -0.449 e. The highest BCUT2D eigenvalue weighted by atomic mass is 16.5. The highest BCUT2D eigenvalue weighted by molar-refractivity contribution is 5.70. The molecule has 1 aromatic rings. The van der Waals surface area contributed by atoms with E-state index in [1.165, 1.54) is 10.9 Å². The van der Waals surface area contributed by atoms with Crippen LogP contribution in [0, 0.1) is 6.92 Å². The van der Waals surface area contributed by atoms with Gasteiger partial charge in [-0.2, -0.15) is 0 Å². The first-order valence-corrected chi connectivity index (χ1v) is 3.41. The summed E-state index contributed by atoms with van der Waals surface area (Å²) in [6.45, 7) is 3.97. The van der Waals surface area contributed by atoms with Crippen molar-refractivity contribution in [3.63, 3.8) is 0 Å². The number of hydrogen-bond acceptors (Lipinski definition) is 3. The topological polar surface area (TPSA) is 44.1 Å². The van der Waals surface area contributed by atoms with Crippen LogP contribution in [0.5, 0.6) is 0 Å². The highest BCUT2D eigenvalue weighted by Gasteiger charge is 2.03. The molecule has 0 bridgehead atoms. The smallest absolute Gasteiger partial charge is 0.419 e. The molecule has 0 fully saturated rings. The minimum atomic E-state index is -0.381. The fourth-order valence-corrected chi connectivity index (χ4v) is 0.719. The van der Waals surface area contributed by atoms with Gasteiger partial charge in [-0.3, -0.25) is 0 Å². The summed E-state index contributed by atoms with van der Waals surface area (Å²) in [4.78, 5) is 14.8. The molecule has 0 radical (unpaired) electrons. The van der Waals surface area contributed by atoms with Gasteiger partial charge in [-0.1, -0.05) is 0 Å². The molecule has 0 atom stereocenters. The molecule has 0 unspecified atom stereocenters. The van der Waals surface area contributed by atoms with Crippen molar-refractivity contribution in [3.05, 3.63) is 18.2 Å². The van der Waals surface area contributed by atoms with E-state index >= 15 is 0 Å². The van der Waals surface area contributed by atoms with Crippen molar-refractivity contribution in [2.75, 3.05) is 6.61 Å². The third kappa shape index (κ3) is 1.80. The first-order chi connectivity index (χ1) is 5.24. The summed E-state index contributed by atoms with van der Waals surface area (Å²) >= 11 is 0. The van der Waals surface area contributed by atoms with Crippen LogP contribution >= 0.6 is 0 Å². The molecule has 0 N–H and O–H groups in total. The Morgan fingerprint density at radius 2 is 2.55 bits per heavy atom.